The Morgan fingerprint density at radius 2 is 2.10 bits per heavy atom. The maximum absolute atomic E-state index is 13.1. The molecule has 1 fully saturated rings. The van der Waals surface area contributed by atoms with Crippen LogP contribution in [0.15, 0.2) is 18.2 Å². The molecule has 1 aliphatic heterocycles. The van der Waals surface area contributed by atoms with Crippen LogP contribution < -0.4 is 10.6 Å². The van der Waals surface area contributed by atoms with Crippen LogP contribution in [0.4, 0.5) is 8.78 Å². The van der Waals surface area contributed by atoms with Crippen LogP contribution in [-0.2, 0) is 4.74 Å². The molecule has 110 valence electrons. The molecule has 0 bridgehead atoms. The van der Waals surface area contributed by atoms with Crippen LogP contribution in [0.25, 0.3) is 0 Å². The highest BCUT2D eigenvalue weighted by Crippen LogP contribution is 2.19. The molecule has 4 nitrogen and oxygen atoms in total. The Labute approximate surface area is 116 Å². The number of ether oxygens (including phenoxy) is 1. The summed E-state index contributed by atoms with van der Waals surface area (Å²) < 4.78 is 31.3. The Morgan fingerprint density at radius 3 is 2.65 bits per heavy atom. The lowest BCUT2D eigenvalue weighted by Crippen LogP contribution is -2.53. The molecule has 2 rings (SSSR count). The fourth-order valence-corrected chi connectivity index (χ4v) is 2.51. The van der Waals surface area contributed by atoms with Gasteiger partial charge in [-0.1, -0.05) is 0 Å². The highest BCUT2D eigenvalue weighted by Gasteiger charge is 2.33. The number of carbonyl (C=O) groups excluding carboxylic acids is 1. The molecule has 0 spiro atoms. The Kier molecular flexibility index (Phi) is 4.67. The molecular weight excluding hydrogens is 266 g/mol. The number of hydrogen-bond acceptors (Lipinski definition) is 3. The van der Waals surface area contributed by atoms with Crippen LogP contribution in [0.3, 0.4) is 0 Å². The molecule has 0 aliphatic carbocycles. The molecular formula is C14H18F2N2O2. The zero-order valence-corrected chi connectivity index (χ0v) is 11.3. The molecule has 1 unspecified atom stereocenters. The van der Waals surface area contributed by atoms with Crippen molar-refractivity contribution >= 4 is 5.91 Å². The van der Waals surface area contributed by atoms with Crippen LogP contribution in [0.1, 0.15) is 23.2 Å². The van der Waals surface area contributed by atoms with Crippen molar-refractivity contribution in [1.29, 1.82) is 0 Å². The van der Waals surface area contributed by atoms with Gasteiger partial charge < -0.3 is 15.4 Å². The summed E-state index contributed by atoms with van der Waals surface area (Å²) in [6.07, 6.45) is 1.90. The fourth-order valence-electron chi connectivity index (χ4n) is 2.51. The van der Waals surface area contributed by atoms with E-state index >= 15 is 0 Å². The molecule has 1 aromatic carbocycles. The van der Waals surface area contributed by atoms with Gasteiger partial charge in [-0.15, -0.1) is 0 Å². The van der Waals surface area contributed by atoms with Gasteiger partial charge in [-0.05, 0) is 31.5 Å². The van der Waals surface area contributed by atoms with Crippen molar-refractivity contribution in [1.82, 2.24) is 10.6 Å². The monoisotopic (exact) mass is 284 g/mol. The van der Waals surface area contributed by atoms with E-state index in [1.165, 1.54) is 0 Å². The van der Waals surface area contributed by atoms with Gasteiger partial charge in [0.15, 0.2) is 0 Å². The summed E-state index contributed by atoms with van der Waals surface area (Å²) >= 11 is 0. The van der Waals surface area contributed by atoms with Crippen LogP contribution in [0.5, 0.6) is 0 Å². The van der Waals surface area contributed by atoms with Crippen molar-refractivity contribution in [2.24, 2.45) is 0 Å². The van der Waals surface area contributed by atoms with E-state index in [2.05, 4.69) is 10.6 Å². The average molecular weight is 284 g/mol. The second-order valence-electron chi connectivity index (χ2n) is 5.08. The lowest BCUT2D eigenvalue weighted by Gasteiger charge is -2.28. The van der Waals surface area contributed by atoms with Gasteiger partial charge in [-0.3, -0.25) is 4.79 Å². The Bertz CT molecular complexity index is 468. The quantitative estimate of drug-likeness (QED) is 0.861. The van der Waals surface area contributed by atoms with E-state index in [4.69, 9.17) is 4.74 Å². The molecule has 1 heterocycles. The summed E-state index contributed by atoms with van der Waals surface area (Å²) in [5.41, 5.74) is -0.316. The normalized spacial score (nSPS) is 21.9. The summed E-state index contributed by atoms with van der Waals surface area (Å²) in [7, 11) is 1.60. The maximum Gasteiger partial charge on any atom is 0.251 e. The zero-order valence-electron chi connectivity index (χ0n) is 11.3. The number of carbonyl (C=O) groups is 1. The summed E-state index contributed by atoms with van der Waals surface area (Å²) in [6, 6.07) is 2.77. The number of hydrogen-bond donors (Lipinski definition) is 2. The van der Waals surface area contributed by atoms with E-state index in [-0.39, 0.29) is 11.1 Å². The van der Waals surface area contributed by atoms with Crippen molar-refractivity contribution in [2.75, 3.05) is 26.8 Å². The minimum Gasteiger partial charge on any atom is -0.383 e. The smallest absolute Gasteiger partial charge is 0.251 e. The Hall–Kier alpha value is -1.53. The van der Waals surface area contributed by atoms with Gasteiger partial charge in [-0.25, -0.2) is 8.78 Å². The number of nitrogens with one attached hydrogen (secondary N) is 2. The Balaban J connectivity index is 2.00. The van der Waals surface area contributed by atoms with Gasteiger partial charge in [0.2, 0.25) is 0 Å². The van der Waals surface area contributed by atoms with Gasteiger partial charge >= 0.3 is 0 Å². The average Bonchev–Trinajstić information content (AvgIpc) is 2.84. The van der Waals surface area contributed by atoms with Gasteiger partial charge in [0.05, 0.1) is 12.1 Å². The number of rotatable bonds is 5. The molecule has 1 saturated heterocycles. The fraction of sp³-hybridized carbons (Fsp3) is 0.500. The van der Waals surface area contributed by atoms with E-state index in [1.807, 2.05) is 0 Å². The van der Waals surface area contributed by atoms with Gasteiger partial charge in [0.25, 0.3) is 5.91 Å². The topological polar surface area (TPSA) is 50.4 Å². The largest absolute Gasteiger partial charge is 0.383 e. The molecule has 20 heavy (non-hydrogen) atoms. The van der Waals surface area contributed by atoms with Gasteiger partial charge in [0, 0.05) is 25.3 Å². The van der Waals surface area contributed by atoms with E-state index in [1.54, 1.807) is 7.11 Å². The van der Waals surface area contributed by atoms with E-state index in [0.29, 0.717) is 13.2 Å². The zero-order chi connectivity index (χ0) is 14.6. The van der Waals surface area contributed by atoms with Crippen molar-refractivity contribution in [3.63, 3.8) is 0 Å². The number of methoxy groups -OCH3 is 1. The van der Waals surface area contributed by atoms with Crippen LogP contribution >= 0.6 is 0 Å². The molecule has 0 saturated carbocycles. The van der Waals surface area contributed by atoms with Crippen LogP contribution in [-0.4, -0.2) is 38.3 Å². The molecule has 1 aromatic rings. The summed E-state index contributed by atoms with van der Waals surface area (Å²) in [5.74, 6) is -2.02. The predicted molar refractivity (Wildman–Crippen MR) is 70.5 cm³/mol. The Morgan fingerprint density at radius 1 is 1.40 bits per heavy atom. The second-order valence-corrected chi connectivity index (χ2v) is 5.08. The van der Waals surface area contributed by atoms with Crippen molar-refractivity contribution in [3.05, 3.63) is 35.4 Å². The maximum atomic E-state index is 13.1. The predicted octanol–water partition coefficient (Wildman–Crippen LogP) is 1.46. The number of halogens is 2. The molecule has 6 heteroatoms. The highest BCUT2D eigenvalue weighted by atomic mass is 19.1. The SMILES string of the molecule is COCC1(CNC(=O)c2cc(F)cc(F)c2)CCCN1. The lowest BCUT2D eigenvalue weighted by atomic mass is 9.98. The summed E-state index contributed by atoms with van der Waals surface area (Å²) in [4.78, 5) is 11.9. The van der Waals surface area contributed by atoms with Crippen LogP contribution in [0, 0.1) is 11.6 Å². The van der Waals surface area contributed by atoms with Crippen molar-refractivity contribution in [3.8, 4) is 0 Å². The standard InChI is InChI=1S/C14H18F2N2O2/c1-20-9-14(3-2-4-18-14)8-17-13(19)10-5-11(15)7-12(16)6-10/h5-7,18H,2-4,8-9H2,1H3,(H,17,19). The minimum absolute atomic E-state index is 0.0203. The van der Waals surface area contributed by atoms with Crippen molar-refractivity contribution in [2.45, 2.75) is 18.4 Å². The molecule has 1 amide bonds. The molecule has 1 atom stereocenters. The first-order valence-corrected chi connectivity index (χ1v) is 6.53. The molecule has 0 radical (unpaired) electrons. The third-order valence-electron chi connectivity index (χ3n) is 3.46. The molecule has 0 aromatic heterocycles. The van der Waals surface area contributed by atoms with Gasteiger partial charge in [0.1, 0.15) is 11.6 Å². The summed E-state index contributed by atoms with van der Waals surface area (Å²) in [6.45, 7) is 1.70. The first-order chi connectivity index (χ1) is 9.54. The van der Waals surface area contributed by atoms with E-state index in [9.17, 15) is 13.6 Å². The molecule has 1 aliphatic rings. The van der Waals surface area contributed by atoms with Gasteiger partial charge in [-0.2, -0.15) is 0 Å². The van der Waals surface area contributed by atoms with E-state index in [0.717, 1.165) is 37.6 Å². The number of benzene rings is 1. The lowest BCUT2D eigenvalue weighted by molar-refractivity contribution is 0.0891. The third-order valence-corrected chi connectivity index (χ3v) is 3.46. The summed E-state index contributed by atoms with van der Waals surface area (Å²) in [5, 5.41) is 6.02. The van der Waals surface area contributed by atoms with Crippen molar-refractivity contribution < 1.29 is 18.3 Å². The second kappa shape index (κ2) is 6.28. The first kappa shape index (κ1) is 14.9. The minimum atomic E-state index is -0.763. The third kappa shape index (κ3) is 3.52. The highest BCUT2D eigenvalue weighted by molar-refractivity contribution is 5.94. The first-order valence-electron chi connectivity index (χ1n) is 6.53. The molecule has 2 N–H and O–H groups in total. The van der Waals surface area contributed by atoms with E-state index < -0.39 is 17.5 Å². The number of amides is 1. The van der Waals surface area contributed by atoms with Crippen LogP contribution in [0.2, 0.25) is 0 Å².